The van der Waals surface area contributed by atoms with Crippen LogP contribution in [0.4, 0.5) is 11.4 Å². The molecule has 10 nitrogen and oxygen atoms in total. The molecule has 0 aliphatic carbocycles. The summed E-state index contributed by atoms with van der Waals surface area (Å²) in [5, 5.41) is 47.7. The maximum atomic E-state index is 11.8. The Morgan fingerprint density at radius 2 is 1.48 bits per heavy atom. The van der Waals surface area contributed by atoms with Gasteiger partial charge in [0.1, 0.15) is 0 Å². The zero-order valence-electron chi connectivity index (χ0n) is 27.7. The van der Waals surface area contributed by atoms with Gasteiger partial charge >= 0.3 is 0 Å². The van der Waals surface area contributed by atoms with Gasteiger partial charge in [0.25, 0.3) is 5.91 Å². The summed E-state index contributed by atoms with van der Waals surface area (Å²) < 4.78 is 0. The van der Waals surface area contributed by atoms with Crippen molar-refractivity contribution in [1.29, 1.82) is 0 Å². The largest absolute Gasteiger partial charge is 0.395 e. The first-order valence-electron chi connectivity index (χ1n) is 16.2. The molecule has 0 spiro atoms. The van der Waals surface area contributed by atoms with Crippen molar-refractivity contribution < 1.29 is 30.3 Å². The SMILES string of the molecule is C.CCCN(CCO)c1ccc(C)cc1.O=C(NC(=S)N(CCO)CCO)c1ccccc1.OCC(O)CN1CCCc2ccccc21. The minimum atomic E-state index is -0.642. The van der Waals surface area contributed by atoms with Gasteiger partial charge in [-0.25, -0.2) is 0 Å². The van der Waals surface area contributed by atoms with Crippen LogP contribution in [0.5, 0.6) is 0 Å². The van der Waals surface area contributed by atoms with E-state index < -0.39 is 6.10 Å². The van der Waals surface area contributed by atoms with Gasteiger partial charge in [-0.3, -0.25) is 10.1 Å². The first kappa shape index (κ1) is 42.4. The van der Waals surface area contributed by atoms with Crippen molar-refractivity contribution in [3.8, 4) is 0 Å². The van der Waals surface area contributed by atoms with E-state index in [9.17, 15) is 9.90 Å². The van der Waals surface area contributed by atoms with Crippen LogP contribution in [0.2, 0.25) is 0 Å². The number of carbonyl (C=O) groups is 1. The minimum Gasteiger partial charge on any atom is -0.395 e. The van der Waals surface area contributed by atoms with Gasteiger partial charge in [0.2, 0.25) is 0 Å². The summed E-state index contributed by atoms with van der Waals surface area (Å²) in [6.45, 7) is 7.85. The molecule has 1 amide bonds. The number of fused-ring (bicyclic) bond motifs is 1. The maximum absolute atomic E-state index is 11.8. The Morgan fingerprint density at radius 1 is 0.875 bits per heavy atom. The molecule has 6 N–H and O–H groups in total. The molecule has 0 fully saturated rings. The predicted molar refractivity (Wildman–Crippen MR) is 200 cm³/mol. The number of β-amino-alcohol motifs (C(OH)–C–C–N with tert-alkyl or cyclic N) is 1. The van der Waals surface area contributed by atoms with E-state index in [-0.39, 0.29) is 58.0 Å². The number of aryl methyl sites for hydroxylation is 2. The average molecular weight is 685 g/mol. The minimum absolute atomic E-state index is 0. The number of nitrogens with zero attached hydrogens (tertiary/aromatic N) is 3. The highest BCUT2D eigenvalue weighted by Crippen LogP contribution is 2.26. The first-order chi connectivity index (χ1) is 22.8. The summed E-state index contributed by atoms with van der Waals surface area (Å²) in [4.78, 5) is 17.7. The lowest BCUT2D eigenvalue weighted by atomic mass is 10.0. The molecular weight excluding hydrogens is 628 g/mol. The van der Waals surface area contributed by atoms with E-state index in [1.165, 1.54) is 27.4 Å². The van der Waals surface area contributed by atoms with Gasteiger partial charge in [-0.2, -0.15) is 0 Å². The molecule has 266 valence electrons. The van der Waals surface area contributed by atoms with Gasteiger partial charge in [0, 0.05) is 56.2 Å². The fraction of sp³-hybridized carbons (Fsp3) is 0.459. The topological polar surface area (TPSA) is 140 Å². The Morgan fingerprint density at radius 3 is 2.06 bits per heavy atom. The highest BCUT2D eigenvalue weighted by molar-refractivity contribution is 7.80. The predicted octanol–water partition coefficient (Wildman–Crippen LogP) is 3.62. The highest BCUT2D eigenvalue weighted by atomic mass is 32.1. The number of hydrogen-bond acceptors (Lipinski definition) is 9. The van der Waals surface area contributed by atoms with Crippen LogP contribution in [0, 0.1) is 6.92 Å². The van der Waals surface area contributed by atoms with Crippen molar-refractivity contribution in [2.75, 3.05) is 75.5 Å². The van der Waals surface area contributed by atoms with E-state index in [4.69, 9.17) is 32.6 Å². The van der Waals surface area contributed by atoms with Crippen LogP contribution in [0.15, 0.2) is 78.9 Å². The molecule has 0 radical (unpaired) electrons. The third kappa shape index (κ3) is 15.1. The molecule has 1 unspecified atom stereocenters. The second kappa shape index (κ2) is 24.5. The molecule has 3 aromatic rings. The van der Waals surface area contributed by atoms with Crippen molar-refractivity contribution in [2.45, 2.75) is 46.6 Å². The molecule has 1 atom stereocenters. The number of para-hydroxylation sites is 1. The van der Waals surface area contributed by atoms with E-state index >= 15 is 0 Å². The fourth-order valence-corrected chi connectivity index (χ4v) is 5.30. The summed E-state index contributed by atoms with van der Waals surface area (Å²) in [6, 6.07) is 25.4. The van der Waals surface area contributed by atoms with Crippen molar-refractivity contribution in [1.82, 2.24) is 10.2 Å². The molecule has 3 aromatic carbocycles. The third-order valence-electron chi connectivity index (χ3n) is 7.39. The number of aliphatic hydroxyl groups excluding tert-OH is 5. The molecule has 1 aliphatic heterocycles. The second-order valence-corrected chi connectivity index (χ2v) is 11.5. The number of rotatable bonds is 13. The van der Waals surface area contributed by atoms with Crippen LogP contribution in [0.25, 0.3) is 0 Å². The third-order valence-corrected chi connectivity index (χ3v) is 7.75. The molecule has 0 saturated heterocycles. The Kier molecular flexibility index (Phi) is 21.7. The van der Waals surface area contributed by atoms with E-state index in [0.29, 0.717) is 12.1 Å². The zero-order valence-corrected chi connectivity index (χ0v) is 28.5. The molecule has 0 aromatic heterocycles. The fourth-order valence-electron chi connectivity index (χ4n) is 5.02. The van der Waals surface area contributed by atoms with E-state index in [0.717, 1.165) is 38.9 Å². The van der Waals surface area contributed by atoms with Crippen molar-refractivity contribution in [3.05, 3.63) is 95.6 Å². The standard InChI is InChI=1S/C12H16N2O3S.C12H17NO2.C12H19NO.CH4/c15-8-6-14(7-9-16)12(18)13-11(17)10-4-2-1-3-5-10;14-9-11(15)8-13-7-3-5-10-4-1-2-6-12(10)13;1-3-8-13(9-10-14)12-6-4-11(2)5-7-12;/h1-5,15-16H,6-9H2,(H,13,17,18);1-2,4,6,11,14-15H,3,5,7-9H2;4-7,14H,3,8-10H2,1-2H3;1H4. The van der Waals surface area contributed by atoms with Crippen LogP contribution in [0.3, 0.4) is 0 Å². The number of hydrogen-bond donors (Lipinski definition) is 6. The van der Waals surface area contributed by atoms with Crippen molar-refractivity contribution in [3.63, 3.8) is 0 Å². The van der Waals surface area contributed by atoms with Crippen LogP contribution in [-0.4, -0.2) is 113 Å². The molecule has 0 bridgehead atoms. The van der Waals surface area contributed by atoms with Crippen LogP contribution in [0.1, 0.15) is 48.7 Å². The number of aliphatic hydroxyl groups is 5. The lowest BCUT2D eigenvalue weighted by Gasteiger charge is -2.32. The Bertz CT molecular complexity index is 1290. The zero-order chi connectivity index (χ0) is 34.4. The summed E-state index contributed by atoms with van der Waals surface area (Å²) in [6.07, 6.45) is 2.70. The summed E-state index contributed by atoms with van der Waals surface area (Å²) in [5.74, 6) is -0.304. The molecule has 4 rings (SSSR count). The maximum Gasteiger partial charge on any atom is 0.257 e. The normalized spacial score (nSPS) is 12.1. The molecule has 11 heteroatoms. The van der Waals surface area contributed by atoms with E-state index in [2.05, 4.69) is 65.4 Å². The number of benzene rings is 3. The number of anilines is 2. The van der Waals surface area contributed by atoms with Crippen LogP contribution < -0.4 is 15.1 Å². The summed E-state index contributed by atoms with van der Waals surface area (Å²) in [5.41, 5.74) is 5.53. The summed E-state index contributed by atoms with van der Waals surface area (Å²) in [7, 11) is 0. The second-order valence-electron chi connectivity index (χ2n) is 11.1. The van der Waals surface area contributed by atoms with Crippen LogP contribution in [-0.2, 0) is 6.42 Å². The van der Waals surface area contributed by atoms with Gasteiger partial charge in [-0.1, -0.05) is 68.4 Å². The van der Waals surface area contributed by atoms with Crippen molar-refractivity contribution >= 4 is 34.6 Å². The van der Waals surface area contributed by atoms with Gasteiger partial charge in [-0.15, -0.1) is 0 Å². The molecule has 1 heterocycles. The number of carbonyl (C=O) groups excluding carboxylic acids is 1. The molecule has 0 saturated carbocycles. The van der Waals surface area contributed by atoms with Gasteiger partial charge in [-0.05, 0) is 74.3 Å². The highest BCUT2D eigenvalue weighted by Gasteiger charge is 2.18. The Balaban J connectivity index is 0.000000359. The smallest absolute Gasteiger partial charge is 0.257 e. The average Bonchev–Trinajstić information content (AvgIpc) is 3.09. The quantitative estimate of drug-likeness (QED) is 0.148. The molecular formula is C37H56N4O6S. The summed E-state index contributed by atoms with van der Waals surface area (Å²) >= 11 is 5.05. The monoisotopic (exact) mass is 684 g/mol. The van der Waals surface area contributed by atoms with Crippen LogP contribution >= 0.6 is 12.2 Å². The molecule has 48 heavy (non-hydrogen) atoms. The van der Waals surface area contributed by atoms with Gasteiger partial charge in [0.05, 0.1) is 32.5 Å². The lowest BCUT2D eigenvalue weighted by molar-refractivity contribution is 0.0970. The van der Waals surface area contributed by atoms with E-state index in [1.54, 1.807) is 24.3 Å². The van der Waals surface area contributed by atoms with E-state index in [1.807, 2.05) is 18.2 Å². The van der Waals surface area contributed by atoms with Gasteiger partial charge < -0.3 is 40.2 Å². The first-order valence-corrected chi connectivity index (χ1v) is 16.6. The van der Waals surface area contributed by atoms with Crippen molar-refractivity contribution in [2.24, 2.45) is 0 Å². The molecule has 1 aliphatic rings. The Hall–Kier alpha value is -3.58. The van der Waals surface area contributed by atoms with Gasteiger partial charge in [0.15, 0.2) is 5.11 Å². The number of nitrogens with one attached hydrogen (secondary N) is 1. The lowest BCUT2D eigenvalue weighted by Crippen LogP contribution is -2.45. The Labute approximate surface area is 292 Å². The number of amides is 1. The number of thiocarbonyl (C=S) groups is 1.